The largest absolute Gasteiger partial charge is 0.479 e. The normalized spacial score (nSPS) is 18.6. The fraction of sp³-hybridized carbons (Fsp3) is 0.364. The molecule has 1 unspecified atom stereocenters. The van der Waals surface area contributed by atoms with Crippen molar-refractivity contribution in [1.82, 2.24) is 0 Å². The van der Waals surface area contributed by atoms with Crippen LogP contribution >= 0.6 is 0 Å². The first-order valence-electron chi connectivity index (χ1n) is 5.35. The molecule has 0 aliphatic carbocycles. The van der Waals surface area contributed by atoms with Gasteiger partial charge >= 0.3 is 5.97 Å². The van der Waals surface area contributed by atoms with Crippen LogP contribution in [0.15, 0.2) is 18.2 Å². The number of ether oxygens (including phenoxy) is 1. The molecule has 2 N–H and O–H groups in total. The summed E-state index contributed by atoms with van der Waals surface area (Å²) in [5.41, 5.74) is 1.26. The lowest BCUT2D eigenvalue weighted by atomic mass is 10.0. The second-order valence-electron chi connectivity index (χ2n) is 4.18. The van der Waals surface area contributed by atoms with Crippen LogP contribution in [0.4, 0.5) is 5.69 Å². The molecular weight excluding hydrogens is 258 g/mol. The topological polar surface area (TPSA) is 92.7 Å². The quantitative estimate of drug-likeness (QED) is 0.849. The van der Waals surface area contributed by atoms with E-state index < -0.39 is 22.1 Å². The lowest BCUT2D eigenvalue weighted by Gasteiger charge is -2.23. The molecule has 0 bridgehead atoms. The summed E-state index contributed by atoms with van der Waals surface area (Å²) in [5, 5.41) is 8.85. The molecule has 0 saturated carbocycles. The van der Waals surface area contributed by atoms with E-state index >= 15 is 0 Å². The molecule has 1 aliphatic rings. The van der Waals surface area contributed by atoms with Gasteiger partial charge in [-0.05, 0) is 36.6 Å². The van der Waals surface area contributed by atoms with Gasteiger partial charge in [0.15, 0.2) is 6.10 Å². The standard InChI is InChI=1S/C11H13NO5S/c1-18(15,16)12-8-3-5-9-7(6-8)2-4-10(17-9)11(13)14/h3,5-6,10,12H,2,4H2,1H3,(H,13,14). The minimum Gasteiger partial charge on any atom is -0.479 e. The first-order valence-corrected chi connectivity index (χ1v) is 7.24. The summed E-state index contributed by atoms with van der Waals surface area (Å²) in [4.78, 5) is 10.8. The Bertz CT molecular complexity index is 581. The molecule has 0 aromatic heterocycles. The van der Waals surface area contributed by atoms with Crippen LogP contribution in [0.25, 0.3) is 0 Å². The first-order chi connectivity index (χ1) is 8.35. The number of fused-ring (bicyclic) bond motifs is 1. The number of hydrogen-bond donors (Lipinski definition) is 2. The zero-order valence-corrected chi connectivity index (χ0v) is 10.5. The Morgan fingerprint density at radius 3 is 2.83 bits per heavy atom. The van der Waals surface area contributed by atoms with E-state index in [4.69, 9.17) is 9.84 Å². The van der Waals surface area contributed by atoms with Gasteiger partial charge in [-0.3, -0.25) is 4.72 Å². The third-order valence-corrected chi connectivity index (χ3v) is 3.19. The number of anilines is 1. The summed E-state index contributed by atoms with van der Waals surface area (Å²) in [6.07, 6.45) is 1.17. The highest BCUT2D eigenvalue weighted by Gasteiger charge is 2.25. The van der Waals surface area contributed by atoms with Crippen molar-refractivity contribution < 1.29 is 23.1 Å². The lowest BCUT2D eigenvalue weighted by molar-refractivity contribution is -0.145. The lowest BCUT2D eigenvalue weighted by Crippen LogP contribution is -2.30. The molecule has 18 heavy (non-hydrogen) atoms. The minimum absolute atomic E-state index is 0.380. The third kappa shape index (κ3) is 2.92. The van der Waals surface area contributed by atoms with Crippen molar-refractivity contribution in [3.05, 3.63) is 23.8 Å². The molecule has 0 spiro atoms. The number of rotatable bonds is 3. The van der Waals surface area contributed by atoms with E-state index in [2.05, 4.69) is 4.72 Å². The second-order valence-corrected chi connectivity index (χ2v) is 5.93. The fourth-order valence-electron chi connectivity index (χ4n) is 1.84. The number of carbonyl (C=O) groups is 1. The molecular formula is C11H13NO5S. The van der Waals surface area contributed by atoms with E-state index in [0.717, 1.165) is 11.8 Å². The molecule has 1 aliphatic heterocycles. The molecule has 0 fully saturated rings. The van der Waals surface area contributed by atoms with Crippen LogP contribution in [0.2, 0.25) is 0 Å². The summed E-state index contributed by atoms with van der Waals surface area (Å²) in [7, 11) is -3.31. The summed E-state index contributed by atoms with van der Waals surface area (Å²) in [6, 6.07) is 4.79. The van der Waals surface area contributed by atoms with Crippen molar-refractivity contribution in [2.24, 2.45) is 0 Å². The van der Waals surface area contributed by atoms with Crippen LogP contribution in [0.5, 0.6) is 5.75 Å². The molecule has 1 heterocycles. The SMILES string of the molecule is CS(=O)(=O)Nc1ccc2c(c1)CCC(C(=O)O)O2. The van der Waals surface area contributed by atoms with Gasteiger partial charge < -0.3 is 9.84 Å². The van der Waals surface area contributed by atoms with Crippen molar-refractivity contribution in [3.8, 4) is 5.75 Å². The predicted octanol–water partition coefficient (Wildman–Crippen LogP) is 0.836. The molecule has 6 nitrogen and oxygen atoms in total. The van der Waals surface area contributed by atoms with Crippen molar-refractivity contribution >= 4 is 21.7 Å². The Kier molecular flexibility index (Phi) is 3.16. The highest BCUT2D eigenvalue weighted by atomic mass is 32.2. The van der Waals surface area contributed by atoms with Crippen LogP contribution < -0.4 is 9.46 Å². The average molecular weight is 271 g/mol. The van der Waals surface area contributed by atoms with Gasteiger partial charge in [0.1, 0.15) is 5.75 Å². The number of nitrogens with one attached hydrogen (secondary N) is 1. The third-order valence-electron chi connectivity index (χ3n) is 2.58. The van der Waals surface area contributed by atoms with Crippen LogP contribution in [0, 0.1) is 0 Å². The first kappa shape index (κ1) is 12.7. The molecule has 0 radical (unpaired) electrons. The maximum absolute atomic E-state index is 11.1. The molecule has 98 valence electrons. The van der Waals surface area contributed by atoms with Gasteiger partial charge in [-0.2, -0.15) is 0 Å². The second kappa shape index (κ2) is 4.49. The van der Waals surface area contributed by atoms with Gasteiger partial charge in [0, 0.05) is 5.69 Å². The number of carboxylic acid groups (broad SMARTS) is 1. The highest BCUT2D eigenvalue weighted by Crippen LogP contribution is 2.30. The predicted molar refractivity (Wildman–Crippen MR) is 65.3 cm³/mol. The highest BCUT2D eigenvalue weighted by molar-refractivity contribution is 7.92. The maximum atomic E-state index is 11.1. The van der Waals surface area contributed by atoms with Gasteiger partial charge in [-0.1, -0.05) is 0 Å². The number of aryl methyl sites for hydroxylation is 1. The molecule has 0 amide bonds. The van der Waals surface area contributed by atoms with E-state index in [-0.39, 0.29) is 0 Å². The summed E-state index contributed by atoms with van der Waals surface area (Å²) >= 11 is 0. The molecule has 0 saturated heterocycles. The Morgan fingerprint density at radius 1 is 1.50 bits per heavy atom. The summed E-state index contributed by atoms with van der Waals surface area (Å²) in [6.45, 7) is 0. The van der Waals surface area contributed by atoms with Crippen LogP contribution in [0.1, 0.15) is 12.0 Å². The van der Waals surface area contributed by atoms with Crippen molar-refractivity contribution in [2.45, 2.75) is 18.9 Å². The van der Waals surface area contributed by atoms with Gasteiger partial charge in [-0.15, -0.1) is 0 Å². The van der Waals surface area contributed by atoms with Crippen molar-refractivity contribution in [3.63, 3.8) is 0 Å². The van der Waals surface area contributed by atoms with E-state index in [0.29, 0.717) is 24.3 Å². The maximum Gasteiger partial charge on any atom is 0.344 e. The minimum atomic E-state index is -3.31. The number of sulfonamides is 1. The molecule has 1 atom stereocenters. The van der Waals surface area contributed by atoms with Gasteiger partial charge in [0.2, 0.25) is 10.0 Å². The van der Waals surface area contributed by atoms with Crippen molar-refractivity contribution in [2.75, 3.05) is 11.0 Å². The molecule has 1 aromatic rings. The Balaban J connectivity index is 2.22. The number of hydrogen-bond acceptors (Lipinski definition) is 4. The zero-order valence-electron chi connectivity index (χ0n) is 9.71. The Morgan fingerprint density at radius 2 is 2.22 bits per heavy atom. The van der Waals surface area contributed by atoms with Crippen LogP contribution in [-0.4, -0.2) is 31.9 Å². The van der Waals surface area contributed by atoms with Crippen LogP contribution in [0.3, 0.4) is 0 Å². The summed E-state index contributed by atoms with van der Waals surface area (Å²) < 4.78 is 29.8. The fourth-order valence-corrected chi connectivity index (χ4v) is 2.40. The number of aliphatic carboxylic acids is 1. The van der Waals surface area contributed by atoms with Gasteiger partial charge in [0.25, 0.3) is 0 Å². The average Bonchev–Trinajstić information content (AvgIpc) is 2.26. The zero-order chi connectivity index (χ0) is 13.3. The van der Waals surface area contributed by atoms with Crippen LogP contribution in [-0.2, 0) is 21.2 Å². The van der Waals surface area contributed by atoms with E-state index in [9.17, 15) is 13.2 Å². The van der Waals surface area contributed by atoms with E-state index in [1.807, 2.05) is 0 Å². The Labute approximate surface area is 105 Å². The monoisotopic (exact) mass is 271 g/mol. The van der Waals surface area contributed by atoms with Gasteiger partial charge in [-0.25, -0.2) is 13.2 Å². The molecule has 2 rings (SSSR count). The molecule has 7 heteroatoms. The Hall–Kier alpha value is -1.76. The number of carboxylic acids is 1. The van der Waals surface area contributed by atoms with E-state index in [1.54, 1.807) is 18.2 Å². The van der Waals surface area contributed by atoms with Gasteiger partial charge in [0.05, 0.1) is 6.26 Å². The smallest absolute Gasteiger partial charge is 0.344 e. The number of benzene rings is 1. The van der Waals surface area contributed by atoms with Crippen molar-refractivity contribution in [1.29, 1.82) is 0 Å². The molecule has 1 aromatic carbocycles. The van der Waals surface area contributed by atoms with E-state index in [1.165, 1.54) is 0 Å². The summed E-state index contributed by atoms with van der Waals surface area (Å²) in [5.74, 6) is -0.494.